The molecule has 0 radical (unpaired) electrons. The van der Waals surface area contributed by atoms with E-state index in [-0.39, 0.29) is 0 Å². The fraction of sp³-hybridized carbons (Fsp3) is 0.294. The summed E-state index contributed by atoms with van der Waals surface area (Å²) in [6.07, 6.45) is 2.38. The van der Waals surface area contributed by atoms with E-state index >= 15 is 0 Å². The van der Waals surface area contributed by atoms with Crippen molar-refractivity contribution in [1.82, 2.24) is 0 Å². The summed E-state index contributed by atoms with van der Waals surface area (Å²) in [6.45, 7) is 0. The molecule has 2 aromatic rings. The van der Waals surface area contributed by atoms with Crippen LogP contribution in [0.25, 0.3) is 11.1 Å². The molecule has 1 aliphatic heterocycles. The number of benzene rings is 2. The molecule has 1 saturated heterocycles. The lowest BCUT2D eigenvalue weighted by Gasteiger charge is -2.14. The van der Waals surface area contributed by atoms with Gasteiger partial charge in [-0.3, -0.25) is 0 Å². The van der Waals surface area contributed by atoms with Gasteiger partial charge in [-0.2, -0.15) is 11.8 Å². The number of nitrogens with one attached hydrogen (secondary N) is 1. The van der Waals surface area contributed by atoms with Gasteiger partial charge in [0.05, 0.1) is 0 Å². The van der Waals surface area contributed by atoms with Crippen LogP contribution in [0, 0.1) is 0 Å². The van der Waals surface area contributed by atoms with Crippen LogP contribution in [0.15, 0.2) is 42.5 Å². The third kappa shape index (κ3) is 2.04. The minimum absolute atomic E-state index is 0.659. The zero-order valence-electron chi connectivity index (χ0n) is 10.9. The fourth-order valence-electron chi connectivity index (χ4n) is 3.12. The second kappa shape index (κ2) is 4.61. The van der Waals surface area contributed by atoms with Gasteiger partial charge in [-0.05, 0) is 53.0 Å². The molecule has 2 heteroatoms. The van der Waals surface area contributed by atoms with Crippen LogP contribution in [0.1, 0.15) is 17.5 Å². The maximum absolute atomic E-state index is 3.68. The molecule has 96 valence electrons. The predicted octanol–water partition coefficient (Wildman–Crippen LogP) is 4.18. The Bertz CT molecular complexity index is 614. The molecule has 0 bridgehead atoms. The molecule has 0 saturated carbocycles. The Morgan fingerprint density at radius 2 is 1.89 bits per heavy atom. The zero-order valence-corrected chi connectivity index (χ0v) is 11.7. The van der Waals surface area contributed by atoms with Gasteiger partial charge in [-0.1, -0.05) is 30.3 Å². The number of rotatable bonds is 2. The van der Waals surface area contributed by atoms with Crippen LogP contribution in [0.2, 0.25) is 0 Å². The highest BCUT2D eigenvalue weighted by Gasteiger charge is 2.19. The van der Waals surface area contributed by atoms with E-state index < -0.39 is 0 Å². The van der Waals surface area contributed by atoms with Crippen molar-refractivity contribution in [3.63, 3.8) is 0 Å². The van der Waals surface area contributed by atoms with Crippen LogP contribution < -0.4 is 5.32 Å². The first-order valence-corrected chi connectivity index (χ1v) is 8.11. The van der Waals surface area contributed by atoms with Gasteiger partial charge in [-0.25, -0.2) is 0 Å². The Labute approximate surface area is 118 Å². The first-order chi connectivity index (χ1) is 9.40. The summed E-state index contributed by atoms with van der Waals surface area (Å²) in [4.78, 5) is 0. The largest absolute Gasteiger partial charge is 0.381 e. The molecular weight excluding hydrogens is 250 g/mol. The van der Waals surface area contributed by atoms with Crippen LogP contribution >= 0.6 is 11.8 Å². The first kappa shape index (κ1) is 11.4. The summed E-state index contributed by atoms with van der Waals surface area (Å²) in [7, 11) is 0. The highest BCUT2D eigenvalue weighted by atomic mass is 32.2. The topological polar surface area (TPSA) is 12.0 Å². The van der Waals surface area contributed by atoms with E-state index in [0.717, 1.165) is 6.42 Å². The van der Waals surface area contributed by atoms with E-state index in [4.69, 9.17) is 0 Å². The molecular formula is C17H17NS. The molecule has 1 N–H and O–H groups in total. The Morgan fingerprint density at radius 1 is 1.00 bits per heavy atom. The smallest absolute Gasteiger partial charge is 0.0359 e. The van der Waals surface area contributed by atoms with Crippen molar-refractivity contribution in [2.45, 2.75) is 18.9 Å². The molecule has 1 heterocycles. The second-order valence-electron chi connectivity index (χ2n) is 5.41. The van der Waals surface area contributed by atoms with Gasteiger partial charge < -0.3 is 5.32 Å². The summed E-state index contributed by atoms with van der Waals surface area (Å²) in [6, 6.07) is 16.3. The Morgan fingerprint density at radius 3 is 2.79 bits per heavy atom. The van der Waals surface area contributed by atoms with Gasteiger partial charge in [0, 0.05) is 17.5 Å². The number of fused-ring (bicyclic) bond motifs is 3. The monoisotopic (exact) mass is 267 g/mol. The summed E-state index contributed by atoms with van der Waals surface area (Å²) < 4.78 is 0. The molecule has 4 rings (SSSR count). The molecule has 0 amide bonds. The molecule has 2 aromatic carbocycles. The minimum Gasteiger partial charge on any atom is -0.381 e. The predicted molar refractivity (Wildman–Crippen MR) is 84.0 cm³/mol. The van der Waals surface area contributed by atoms with E-state index in [9.17, 15) is 0 Å². The lowest BCUT2D eigenvalue weighted by Crippen LogP contribution is -2.17. The molecule has 0 spiro atoms. The number of hydrogen-bond donors (Lipinski definition) is 1. The molecule has 1 atom stereocenters. The van der Waals surface area contributed by atoms with Crippen molar-refractivity contribution in [3.8, 4) is 11.1 Å². The van der Waals surface area contributed by atoms with Gasteiger partial charge in [0.1, 0.15) is 0 Å². The third-order valence-corrected chi connectivity index (χ3v) is 5.26. The van der Waals surface area contributed by atoms with Crippen molar-refractivity contribution in [2.24, 2.45) is 0 Å². The van der Waals surface area contributed by atoms with Gasteiger partial charge in [0.15, 0.2) is 0 Å². The van der Waals surface area contributed by atoms with Crippen LogP contribution in [-0.4, -0.2) is 17.5 Å². The van der Waals surface area contributed by atoms with Crippen molar-refractivity contribution < 1.29 is 0 Å². The van der Waals surface area contributed by atoms with Crippen LogP contribution in [-0.2, 0) is 6.42 Å². The minimum atomic E-state index is 0.659. The Hall–Kier alpha value is -1.41. The summed E-state index contributed by atoms with van der Waals surface area (Å²) >= 11 is 2.05. The standard InChI is InChI=1S/C17H17NS/c1-2-4-16-12(3-1)9-13-10-14(5-6-17(13)16)18-15-7-8-19-11-15/h1-6,10,15,18H,7-9,11H2. The first-order valence-electron chi connectivity index (χ1n) is 6.96. The SMILES string of the molecule is c1ccc2c(c1)Cc1cc(NC3CCSC3)ccc1-2. The fourth-order valence-corrected chi connectivity index (χ4v) is 4.27. The lowest BCUT2D eigenvalue weighted by molar-refractivity contribution is 0.813. The maximum Gasteiger partial charge on any atom is 0.0359 e. The lowest BCUT2D eigenvalue weighted by atomic mass is 10.1. The number of thioether (sulfide) groups is 1. The summed E-state index contributed by atoms with van der Waals surface area (Å²) in [5.74, 6) is 2.55. The highest BCUT2D eigenvalue weighted by Crippen LogP contribution is 2.37. The highest BCUT2D eigenvalue weighted by molar-refractivity contribution is 7.99. The quantitative estimate of drug-likeness (QED) is 0.747. The molecule has 1 fully saturated rings. The van der Waals surface area contributed by atoms with Crippen molar-refractivity contribution in [1.29, 1.82) is 0 Å². The van der Waals surface area contributed by atoms with Gasteiger partial charge in [-0.15, -0.1) is 0 Å². The zero-order chi connectivity index (χ0) is 12.7. The maximum atomic E-state index is 3.68. The van der Waals surface area contributed by atoms with E-state index in [1.54, 1.807) is 0 Å². The van der Waals surface area contributed by atoms with E-state index in [1.807, 2.05) is 0 Å². The molecule has 0 aromatic heterocycles. The van der Waals surface area contributed by atoms with Gasteiger partial charge in [0.25, 0.3) is 0 Å². The average molecular weight is 267 g/mol. The molecule has 1 aliphatic carbocycles. The van der Waals surface area contributed by atoms with Crippen molar-refractivity contribution in [3.05, 3.63) is 53.6 Å². The third-order valence-electron chi connectivity index (χ3n) is 4.09. The summed E-state index contributed by atoms with van der Waals surface area (Å²) in [5.41, 5.74) is 7.06. The van der Waals surface area contributed by atoms with E-state index in [0.29, 0.717) is 6.04 Å². The van der Waals surface area contributed by atoms with Crippen LogP contribution in [0.5, 0.6) is 0 Å². The van der Waals surface area contributed by atoms with E-state index in [1.165, 1.54) is 45.9 Å². The normalized spacial score (nSPS) is 20.1. The Kier molecular flexibility index (Phi) is 2.77. The molecule has 19 heavy (non-hydrogen) atoms. The average Bonchev–Trinajstić information content (AvgIpc) is 3.05. The molecule has 1 unspecified atom stereocenters. The van der Waals surface area contributed by atoms with Crippen LogP contribution in [0.3, 0.4) is 0 Å². The molecule has 2 aliphatic rings. The van der Waals surface area contributed by atoms with Crippen molar-refractivity contribution >= 4 is 17.4 Å². The molecule has 1 nitrogen and oxygen atoms in total. The number of anilines is 1. The van der Waals surface area contributed by atoms with Crippen LogP contribution in [0.4, 0.5) is 5.69 Å². The Balaban J connectivity index is 1.64. The van der Waals surface area contributed by atoms with Crippen molar-refractivity contribution in [2.75, 3.05) is 16.8 Å². The second-order valence-corrected chi connectivity index (χ2v) is 6.56. The van der Waals surface area contributed by atoms with E-state index in [2.05, 4.69) is 59.5 Å². The summed E-state index contributed by atoms with van der Waals surface area (Å²) in [5, 5.41) is 3.68. The number of hydrogen-bond acceptors (Lipinski definition) is 2. The van der Waals surface area contributed by atoms with Gasteiger partial charge >= 0.3 is 0 Å². The van der Waals surface area contributed by atoms with Gasteiger partial charge in [0.2, 0.25) is 0 Å².